The summed E-state index contributed by atoms with van der Waals surface area (Å²) >= 11 is -1.93. The lowest BCUT2D eigenvalue weighted by molar-refractivity contribution is 0.0662. The molecule has 5 nitrogen and oxygen atoms in total. The Morgan fingerprint density at radius 1 is 1.57 bits per heavy atom. The highest BCUT2D eigenvalue weighted by atomic mass is 32.2. The molecule has 0 bridgehead atoms. The van der Waals surface area contributed by atoms with Crippen molar-refractivity contribution in [3.63, 3.8) is 0 Å². The van der Waals surface area contributed by atoms with Crippen LogP contribution in [0, 0.1) is 0 Å². The van der Waals surface area contributed by atoms with Crippen molar-refractivity contribution >= 4 is 11.1 Å². The van der Waals surface area contributed by atoms with Crippen LogP contribution in [0.2, 0.25) is 0 Å². The number of rotatable bonds is 2. The first kappa shape index (κ1) is 9.82. The molecule has 2 heterocycles. The van der Waals surface area contributed by atoms with Gasteiger partial charge in [0.25, 0.3) is 0 Å². The van der Waals surface area contributed by atoms with Gasteiger partial charge in [0.15, 0.2) is 11.1 Å². The van der Waals surface area contributed by atoms with Gasteiger partial charge in [-0.25, -0.2) is 4.21 Å². The largest absolute Gasteiger partial charge is 0.381 e. The molecule has 1 aromatic heterocycles. The summed E-state index contributed by atoms with van der Waals surface area (Å²) in [6.07, 6.45) is 4.90. The lowest BCUT2D eigenvalue weighted by Crippen LogP contribution is -2.19. The van der Waals surface area contributed by atoms with E-state index in [4.69, 9.17) is 9.29 Å². The van der Waals surface area contributed by atoms with E-state index in [9.17, 15) is 4.21 Å². The van der Waals surface area contributed by atoms with Crippen LogP contribution < -0.4 is 0 Å². The van der Waals surface area contributed by atoms with E-state index in [1.807, 2.05) is 0 Å². The molecule has 14 heavy (non-hydrogen) atoms. The summed E-state index contributed by atoms with van der Waals surface area (Å²) in [5.41, 5.74) is 0. The van der Waals surface area contributed by atoms with Gasteiger partial charge >= 0.3 is 0 Å². The zero-order valence-electron chi connectivity index (χ0n) is 7.63. The fourth-order valence-corrected chi connectivity index (χ4v) is 1.90. The quantitative estimate of drug-likeness (QED) is 0.743. The minimum atomic E-state index is -1.93. The molecule has 0 aliphatic carbocycles. The molecule has 1 aliphatic heterocycles. The molecule has 0 radical (unpaired) electrons. The number of nitrogens with zero attached hydrogens (tertiary/aromatic N) is 2. The molecule has 1 saturated heterocycles. The Morgan fingerprint density at radius 2 is 2.29 bits per heavy atom. The first-order chi connectivity index (χ1) is 6.77. The van der Waals surface area contributed by atoms with Gasteiger partial charge < -0.3 is 9.29 Å². The van der Waals surface area contributed by atoms with Gasteiger partial charge in [-0.2, -0.15) is 5.10 Å². The molecule has 0 amide bonds. The Hall–Kier alpha value is -0.720. The molecule has 1 unspecified atom stereocenters. The SMILES string of the molecule is O=S(O)c1cnn(C2CCOCC2)c1. The van der Waals surface area contributed by atoms with Crippen LogP contribution in [0.25, 0.3) is 0 Å². The molecule has 0 aromatic carbocycles. The van der Waals surface area contributed by atoms with Crippen LogP contribution in [0.1, 0.15) is 18.9 Å². The summed E-state index contributed by atoms with van der Waals surface area (Å²) < 4.78 is 26.5. The van der Waals surface area contributed by atoms with Gasteiger partial charge in [0.2, 0.25) is 0 Å². The Morgan fingerprint density at radius 3 is 2.86 bits per heavy atom. The van der Waals surface area contributed by atoms with Crippen molar-refractivity contribution in [3.8, 4) is 0 Å². The highest BCUT2D eigenvalue weighted by Gasteiger charge is 2.17. The third kappa shape index (κ3) is 2.02. The molecule has 6 heteroatoms. The standard InChI is InChI=1S/C8H12N2O3S/c11-14(12)8-5-9-10(6-8)7-1-3-13-4-2-7/h5-7H,1-4H2,(H,11,12). The van der Waals surface area contributed by atoms with Crippen molar-refractivity contribution in [2.75, 3.05) is 13.2 Å². The Bertz CT molecular complexity index is 333. The van der Waals surface area contributed by atoms with Crippen molar-refractivity contribution in [3.05, 3.63) is 12.4 Å². The minimum Gasteiger partial charge on any atom is -0.381 e. The molecule has 0 saturated carbocycles. The summed E-state index contributed by atoms with van der Waals surface area (Å²) in [5, 5.41) is 4.07. The maximum Gasteiger partial charge on any atom is 0.189 e. The normalized spacial score (nSPS) is 20.9. The number of hydrogen-bond donors (Lipinski definition) is 1. The highest BCUT2D eigenvalue weighted by Crippen LogP contribution is 2.20. The van der Waals surface area contributed by atoms with E-state index in [-0.39, 0.29) is 0 Å². The van der Waals surface area contributed by atoms with E-state index in [1.165, 1.54) is 6.20 Å². The van der Waals surface area contributed by atoms with Crippen molar-refractivity contribution in [1.82, 2.24) is 9.78 Å². The molecule has 1 fully saturated rings. The highest BCUT2D eigenvalue weighted by molar-refractivity contribution is 7.79. The summed E-state index contributed by atoms with van der Waals surface area (Å²) in [4.78, 5) is 0.358. The summed E-state index contributed by atoms with van der Waals surface area (Å²) in [6, 6.07) is 0.307. The Balaban J connectivity index is 2.11. The second kappa shape index (κ2) is 4.20. The van der Waals surface area contributed by atoms with E-state index in [0.29, 0.717) is 10.9 Å². The fraction of sp³-hybridized carbons (Fsp3) is 0.625. The van der Waals surface area contributed by atoms with Crippen molar-refractivity contribution < 1.29 is 13.5 Å². The molecule has 78 valence electrons. The van der Waals surface area contributed by atoms with E-state index < -0.39 is 11.1 Å². The van der Waals surface area contributed by atoms with Gasteiger partial charge in [-0.3, -0.25) is 4.68 Å². The van der Waals surface area contributed by atoms with Crippen molar-refractivity contribution in [1.29, 1.82) is 0 Å². The average Bonchev–Trinajstić information content (AvgIpc) is 2.68. The molecule has 1 aromatic rings. The molecule has 2 rings (SSSR count). The first-order valence-corrected chi connectivity index (χ1v) is 5.61. The lowest BCUT2D eigenvalue weighted by atomic mass is 10.1. The van der Waals surface area contributed by atoms with Gasteiger partial charge in [-0.1, -0.05) is 0 Å². The van der Waals surface area contributed by atoms with Crippen LogP contribution in [-0.2, 0) is 15.8 Å². The fourth-order valence-electron chi connectivity index (χ4n) is 1.56. The zero-order valence-corrected chi connectivity index (χ0v) is 8.44. The molecule has 1 N–H and O–H groups in total. The van der Waals surface area contributed by atoms with Crippen molar-refractivity contribution in [2.45, 2.75) is 23.8 Å². The van der Waals surface area contributed by atoms with E-state index in [2.05, 4.69) is 5.10 Å². The molecular formula is C8H12N2O3S. The second-order valence-electron chi connectivity index (χ2n) is 3.25. The third-order valence-corrected chi connectivity index (χ3v) is 2.96. The van der Waals surface area contributed by atoms with Gasteiger partial charge in [0.1, 0.15) is 4.90 Å². The maximum absolute atomic E-state index is 10.7. The molecule has 1 aliphatic rings. The predicted molar refractivity (Wildman–Crippen MR) is 50.4 cm³/mol. The molecule has 0 spiro atoms. The third-order valence-electron chi connectivity index (χ3n) is 2.34. The monoisotopic (exact) mass is 216 g/mol. The number of ether oxygens (including phenoxy) is 1. The molecular weight excluding hydrogens is 204 g/mol. The maximum atomic E-state index is 10.7. The Labute approximate surface area is 84.3 Å². The topological polar surface area (TPSA) is 64.3 Å². The van der Waals surface area contributed by atoms with Gasteiger partial charge in [-0.05, 0) is 12.8 Å². The van der Waals surface area contributed by atoms with Crippen LogP contribution in [0.3, 0.4) is 0 Å². The van der Waals surface area contributed by atoms with Crippen LogP contribution in [-0.4, -0.2) is 31.8 Å². The smallest absolute Gasteiger partial charge is 0.189 e. The predicted octanol–water partition coefficient (Wildman–Crippen LogP) is 0.815. The summed E-state index contributed by atoms with van der Waals surface area (Å²) in [5.74, 6) is 0. The van der Waals surface area contributed by atoms with Crippen LogP contribution in [0.5, 0.6) is 0 Å². The van der Waals surface area contributed by atoms with Gasteiger partial charge in [0.05, 0.1) is 12.2 Å². The van der Waals surface area contributed by atoms with Gasteiger partial charge in [-0.15, -0.1) is 0 Å². The van der Waals surface area contributed by atoms with Gasteiger partial charge in [0, 0.05) is 19.4 Å². The van der Waals surface area contributed by atoms with Crippen LogP contribution in [0.4, 0.5) is 0 Å². The van der Waals surface area contributed by atoms with E-state index >= 15 is 0 Å². The second-order valence-corrected chi connectivity index (χ2v) is 4.22. The lowest BCUT2D eigenvalue weighted by Gasteiger charge is -2.22. The average molecular weight is 216 g/mol. The van der Waals surface area contributed by atoms with Crippen LogP contribution in [0.15, 0.2) is 17.3 Å². The zero-order chi connectivity index (χ0) is 9.97. The Kier molecular flexibility index (Phi) is 2.95. The number of aromatic nitrogens is 2. The van der Waals surface area contributed by atoms with Crippen molar-refractivity contribution in [2.24, 2.45) is 0 Å². The van der Waals surface area contributed by atoms with E-state index in [0.717, 1.165) is 26.1 Å². The summed E-state index contributed by atoms with van der Waals surface area (Å²) in [6.45, 7) is 1.48. The van der Waals surface area contributed by atoms with E-state index in [1.54, 1.807) is 10.9 Å². The minimum absolute atomic E-state index is 0.307. The first-order valence-electron chi connectivity index (χ1n) is 4.50. The number of hydrogen-bond acceptors (Lipinski definition) is 3. The van der Waals surface area contributed by atoms with Crippen LogP contribution >= 0.6 is 0 Å². The molecule has 1 atom stereocenters. The summed E-state index contributed by atoms with van der Waals surface area (Å²) in [7, 11) is 0.